The normalized spacial score (nSPS) is 10.4. The van der Waals surface area contributed by atoms with E-state index in [9.17, 15) is 4.79 Å². The van der Waals surface area contributed by atoms with Gasteiger partial charge >= 0.3 is 0 Å². The van der Waals surface area contributed by atoms with Crippen LogP contribution in [0.4, 0.5) is 5.69 Å². The largest absolute Gasteiger partial charge is 0.484 e. The Morgan fingerprint density at radius 2 is 1.76 bits per heavy atom. The molecule has 0 aliphatic rings. The molecular formula is C15H24N2O4. The molecule has 1 aromatic rings. The number of nitrogens with zero attached hydrogens (tertiary/aromatic N) is 1. The minimum Gasteiger partial charge on any atom is -0.484 e. The number of amides is 1. The Morgan fingerprint density at radius 1 is 1.10 bits per heavy atom. The molecule has 21 heavy (non-hydrogen) atoms. The number of benzene rings is 1. The molecule has 0 spiro atoms. The average molecular weight is 296 g/mol. The van der Waals surface area contributed by atoms with Crippen molar-refractivity contribution in [2.45, 2.75) is 6.42 Å². The van der Waals surface area contributed by atoms with Crippen LogP contribution in [-0.4, -0.2) is 57.9 Å². The van der Waals surface area contributed by atoms with Gasteiger partial charge in [-0.05, 0) is 30.7 Å². The SMILES string of the molecule is COCCCN(CCOC)C(=O)COc1ccc(N)cc1. The fourth-order valence-corrected chi connectivity index (χ4v) is 1.76. The number of anilines is 1. The van der Waals surface area contributed by atoms with Gasteiger partial charge in [0, 0.05) is 39.6 Å². The van der Waals surface area contributed by atoms with E-state index in [4.69, 9.17) is 19.9 Å². The molecule has 0 heterocycles. The highest BCUT2D eigenvalue weighted by molar-refractivity contribution is 5.77. The Hall–Kier alpha value is -1.79. The second kappa shape index (κ2) is 10.0. The fraction of sp³-hybridized carbons (Fsp3) is 0.533. The van der Waals surface area contributed by atoms with Gasteiger partial charge in [0.25, 0.3) is 5.91 Å². The summed E-state index contributed by atoms with van der Waals surface area (Å²) in [6.45, 7) is 2.29. The summed E-state index contributed by atoms with van der Waals surface area (Å²) in [5.74, 6) is 0.557. The highest BCUT2D eigenvalue weighted by atomic mass is 16.5. The van der Waals surface area contributed by atoms with E-state index < -0.39 is 0 Å². The predicted octanol–water partition coefficient (Wildman–Crippen LogP) is 1.16. The first-order valence-corrected chi connectivity index (χ1v) is 6.91. The molecule has 0 saturated carbocycles. The summed E-state index contributed by atoms with van der Waals surface area (Å²) in [6.07, 6.45) is 0.786. The van der Waals surface area contributed by atoms with Gasteiger partial charge in [-0.2, -0.15) is 0 Å². The van der Waals surface area contributed by atoms with Crippen LogP contribution in [0.25, 0.3) is 0 Å². The maximum absolute atomic E-state index is 12.2. The van der Waals surface area contributed by atoms with E-state index in [1.807, 2.05) is 0 Å². The van der Waals surface area contributed by atoms with Crippen LogP contribution in [0.1, 0.15) is 6.42 Å². The Labute approximate surface area is 125 Å². The number of hydrogen-bond donors (Lipinski definition) is 1. The van der Waals surface area contributed by atoms with Gasteiger partial charge in [-0.1, -0.05) is 0 Å². The lowest BCUT2D eigenvalue weighted by molar-refractivity contribution is -0.134. The third-order valence-electron chi connectivity index (χ3n) is 2.94. The highest BCUT2D eigenvalue weighted by Crippen LogP contribution is 2.13. The van der Waals surface area contributed by atoms with Crippen molar-refractivity contribution in [1.82, 2.24) is 4.90 Å². The quantitative estimate of drug-likeness (QED) is 0.518. The molecule has 0 unspecified atom stereocenters. The summed E-state index contributed by atoms with van der Waals surface area (Å²) in [6, 6.07) is 6.96. The minimum atomic E-state index is -0.0695. The van der Waals surface area contributed by atoms with Gasteiger partial charge < -0.3 is 24.8 Å². The summed E-state index contributed by atoms with van der Waals surface area (Å²) >= 11 is 0. The summed E-state index contributed by atoms with van der Waals surface area (Å²) in [5, 5.41) is 0. The molecule has 118 valence electrons. The third-order valence-corrected chi connectivity index (χ3v) is 2.94. The molecule has 6 heteroatoms. The Balaban J connectivity index is 2.44. The Morgan fingerprint density at radius 3 is 2.38 bits per heavy atom. The fourth-order valence-electron chi connectivity index (χ4n) is 1.76. The van der Waals surface area contributed by atoms with Gasteiger partial charge in [-0.25, -0.2) is 0 Å². The molecule has 0 radical (unpaired) electrons. The van der Waals surface area contributed by atoms with Crippen molar-refractivity contribution >= 4 is 11.6 Å². The molecule has 0 aliphatic carbocycles. The van der Waals surface area contributed by atoms with Crippen molar-refractivity contribution in [2.24, 2.45) is 0 Å². The molecule has 1 rings (SSSR count). The van der Waals surface area contributed by atoms with Crippen molar-refractivity contribution in [3.05, 3.63) is 24.3 Å². The summed E-state index contributed by atoms with van der Waals surface area (Å²) < 4.78 is 15.5. The van der Waals surface area contributed by atoms with Crippen LogP contribution in [0.5, 0.6) is 5.75 Å². The smallest absolute Gasteiger partial charge is 0.260 e. The topological polar surface area (TPSA) is 74.0 Å². The van der Waals surface area contributed by atoms with Gasteiger partial charge in [-0.3, -0.25) is 4.79 Å². The molecule has 0 bridgehead atoms. The van der Waals surface area contributed by atoms with Crippen LogP contribution in [0, 0.1) is 0 Å². The Kier molecular flexibility index (Phi) is 8.23. The minimum absolute atomic E-state index is 0.000610. The van der Waals surface area contributed by atoms with Crippen molar-refractivity contribution in [2.75, 3.05) is 52.9 Å². The monoisotopic (exact) mass is 296 g/mol. The van der Waals surface area contributed by atoms with E-state index in [-0.39, 0.29) is 12.5 Å². The van der Waals surface area contributed by atoms with E-state index in [0.29, 0.717) is 37.7 Å². The molecule has 0 aromatic heterocycles. The standard InChI is InChI=1S/C15H24N2O4/c1-19-10-3-8-17(9-11-20-2)15(18)12-21-14-6-4-13(16)5-7-14/h4-7H,3,8-12,16H2,1-2H3. The second-order valence-corrected chi connectivity index (χ2v) is 4.58. The molecule has 0 aliphatic heterocycles. The van der Waals surface area contributed by atoms with E-state index in [2.05, 4.69) is 0 Å². The molecule has 2 N–H and O–H groups in total. The zero-order chi connectivity index (χ0) is 15.5. The van der Waals surface area contributed by atoms with Gasteiger partial charge in [-0.15, -0.1) is 0 Å². The summed E-state index contributed by atoms with van der Waals surface area (Å²) in [4.78, 5) is 13.9. The maximum atomic E-state index is 12.2. The average Bonchev–Trinajstić information content (AvgIpc) is 2.50. The van der Waals surface area contributed by atoms with Gasteiger partial charge in [0.05, 0.1) is 6.61 Å². The molecule has 0 saturated heterocycles. The van der Waals surface area contributed by atoms with Crippen molar-refractivity contribution in [3.8, 4) is 5.75 Å². The van der Waals surface area contributed by atoms with Crippen LogP contribution >= 0.6 is 0 Å². The van der Waals surface area contributed by atoms with Crippen molar-refractivity contribution < 1.29 is 19.0 Å². The van der Waals surface area contributed by atoms with Crippen LogP contribution < -0.4 is 10.5 Å². The number of rotatable bonds is 10. The first kappa shape index (κ1) is 17.3. The lowest BCUT2D eigenvalue weighted by Gasteiger charge is -2.22. The zero-order valence-corrected chi connectivity index (χ0v) is 12.7. The zero-order valence-electron chi connectivity index (χ0n) is 12.7. The first-order chi connectivity index (χ1) is 10.2. The molecule has 1 amide bonds. The van der Waals surface area contributed by atoms with Gasteiger partial charge in [0.1, 0.15) is 5.75 Å². The molecular weight excluding hydrogens is 272 g/mol. The van der Waals surface area contributed by atoms with Gasteiger partial charge in [0.2, 0.25) is 0 Å². The van der Waals surface area contributed by atoms with E-state index >= 15 is 0 Å². The van der Waals surface area contributed by atoms with Crippen LogP contribution in [-0.2, 0) is 14.3 Å². The number of hydrogen-bond acceptors (Lipinski definition) is 5. The third kappa shape index (κ3) is 6.97. The van der Waals surface area contributed by atoms with Crippen LogP contribution in [0.15, 0.2) is 24.3 Å². The van der Waals surface area contributed by atoms with Crippen LogP contribution in [0.2, 0.25) is 0 Å². The van der Waals surface area contributed by atoms with Crippen LogP contribution in [0.3, 0.4) is 0 Å². The molecule has 0 atom stereocenters. The van der Waals surface area contributed by atoms with E-state index in [0.717, 1.165) is 6.42 Å². The number of nitrogens with two attached hydrogens (primary N) is 1. The predicted molar refractivity (Wildman–Crippen MR) is 81.3 cm³/mol. The number of carbonyl (C=O) groups is 1. The highest BCUT2D eigenvalue weighted by Gasteiger charge is 2.13. The maximum Gasteiger partial charge on any atom is 0.260 e. The lowest BCUT2D eigenvalue weighted by atomic mass is 10.3. The first-order valence-electron chi connectivity index (χ1n) is 6.91. The molecule has 0 fully saturated rings. The van der Waals surface area contributed by atoms with Crippen molar-refractivity contribution in [3.63, 3.8) is 0 Å². The van der Waals surface area contributed by atoms with Gasteiger partial charge in [0.15, 0.2) is 6.61 Å². The van der Waals surface area contributed by atoms with E-state index in [1.54, 1.807) is 43.4 Å². The number of methoxy groups -OCH3 is 2. The number of ether oxygens (including phenoxy) is 3. The number of carbonyl (C=O) groups excluding carboxylic acids is 1. The molecule has 1 aromatic carbocycles. The molecule has 6 nitrogen and oxygen atoms in total. The second-order valence-electron chi connectivity index (χ2n) is 4.58. The van der Waals surface area contributed by atoms with E-state index in [1.165, 1.54) is 0 Å². The summed E-state index contributed by atoms with van der Waals surface area (Å²) in [5.41, 5.74) is 6.26. The Bertz CT molecular complexity index is 409. The van der Waals surface area contributed by atoms with Crippen molar-refractivity contribution in [1.29, 1.82) is 0 Å². The summed E-state index contributed by atoms with van der Waals surface area (Å²) in [7, 11) is 3.26. The number of nitrogen functional groups attached to an aromatic ring is 1. The lowest BCUT2D eigenvalue weighted by Crippen LogP contribution is -2.38.